The van der Waals surface area contributed by atoms with E-state index >= 15 is 0 Å². The fourth-order valence-electron chi connectivity index (χ4n) is 3.47. The quantitative estimate of drug-likeness (QED) is 0.615. The Hall–Kier alpha value is -1.15. The van der Waals surface area contributed by atoms with Crippen molar-refractivity contribution in [3.63, 3.8) is 0 Å². The van der Waals surface area contributed by atoms with Crippen LogP contribution in [-0.4, -0.2) is 55.2 Å². The Morgan fingerprint density at radius 1 is 1.11 bits per heavy atom. The highest BCUT2D eigenvalue weighted by atomic mass is 35.5. The van der Waals surface area contributed by atoms with Gasteiger partial charge in [0.25, 0.3) is 0 Å². The smallest absolute Gasteiger partial charge is 0.154 e. The minimum absolute atomic E-state index is 0.0348. The van der Waals surface area contributed by atoms with Gasteiger partial charge in [-0.3, -0.25) is 4.90 Å². The van der Waals surface area contributed by atoms with Crippen molar-refractivity contribution in [3.05, 3.63) is 69.7 Å². The lowest BCUT2D eigenvalue weighted by molar-refractivity contribution is 0.0786. The van der Waals surface area contributed by atoms with Gasteiger partial charge in [-0.2, -0.15) is 0 Å². The van der Waals surface area contributed by atoms with E-state index < -0.39 is 22.0 Å². The van der Waals surface area contributed by atoms with Crippen LogP contribution in [0.3, 0.4) is 0 Å². The Morgan fingerprint density at radius 2 is 1.89 bits per heavy atom. The molecule has 0 aromatic heterocycles. The Balaban J connectivity index is 1.65. The monoisotopic (exact) mass is 442 g/mol. The first-order chi connectivity index (χ1) is 13.3. The molecule has 0 unspecified atom stereocenters. The summed E-state index contributed by atoms with van der Waals surface area (Å²) in [4.78, 5) is 2.00. The van der Waals surface area contributed by atoms with Gasteiger partial charge in [-0.15, -0.1) is 0 Å². The zero-order valence-electron chi connectivity index (χ0n) is 15.4. The van der Waals surface area contributed by atoms with Gasteiger partial charge in [0, 0.05) is 36.2 Å². The Labute approximate surface area is 176 Å². The molecule has 2 aromatic carbocycles. The molecule has 3 rings (SSSR count). The van der Waals surface area contributed by atoms with E-state index in [9.17, 15) is 13.5 Å². The molecular formula is C20H24Cl2N2O3S. The number of aliphatic hydroxyl groups is 1. The number of nitrogens with one attached hydrogen (secondary N) is 1. The van der Waals surface area contributed by atoms with E-state index in [-0.39, 0.29) is 11.5 Å². The summed E-state index contributed by atoms with van der Waals surface area (Å²) in [5.74, 6) is -0.223. The normalized spacial score (nSPS) is 21.3. The number of benzene rings is 2. The molecule has 1 saturated heterocycles. The van der Waals surface area contributed by atoms with Crippen LogP contribution in [0.2, 0.25) is 10.0 Å². The fraction of sp³-hybridized carbons (Fsp3) is 0.400. The zero-order chi connectivity index (χ0) is 20.1. The van der Waals surface area contributed by atoms with Gasteiger partial charge >= 0.3 is 0 Å². The number of nitrogens with zero attached hydrogens (tertiary/aromatic N) is 1. The first-order valence-electron chi connectivity index (χ1n) is 9.15. The van der Waals surface area contributed by atoms with Crippen LogP contribution >= 0.6 is 23.2 Å². The number of hydrogen-bond donors (Lipinski definition) is 2. The maximum absolute atomic E-state index is 12.0. The second kappa shape index (κ2) is 9.57. The topological polar surface area (TPSA) is 69.6 Å². The largest absolute Gasteiger partial charge is 0.390 e. The second-order valence-electron chi connectivity index (χ2n) is 7.08. The van der Waals surface area contributed by atoms with E-state index in [1.54, 1.807) is 0 Å². The molecule has 1 fully saturated rings. The van der Waals surface area contributed by atoms with Crippen LogP contribution < -0.4 is 5.32 Å². The molecule has 1 aliphatic rings. The van der Waals surface area contributed by atoms with E-state index in [1.807, 2.05) is 53.4 Å². The summed E-state index contributed by atoms with van der Waals surface area (Å²) in [7, 11) is -3.23. The SMILES string of the molecule is O=S1(=O)C[C@H](O)[C@@H](N(CCNCc2cccc(Cl)c2)Cc2ccccc2Cl)C1. The molecule has 1 aliphatic heterocycles. The number of aliphatic hydroxyl groups excluding tert-OH is 1. The van der Waals surface area contributed by atoms with Crippen molar-refractivity contribution < 1.29 is 13.5 Å². The van der Waals surface area contributed by atoms with E-state index in [0.29, 0.717) is 36.2 Å². The zero-order valence-corrected chi connectivity index (χ0v) is 17.7. The molecule has 0 radical (unpaired) electrons. The molecule has 0 saturated carbocycles. The van der Waals surface area contributed by atoms with Crippen LogP contribution in [0.4, 0.5) is 0 Å². The van der Waals surface area contributed by atoms with Gasteiger partial charge in [0.1, 0.15) is 0 Å². The average molecular weight is 443 g/mol. The Kier molecular flexibility index (Phi) is 7.36. The maximum Gasteiger partial charge on any atom is 0.154 e. The maximum atomic E-state index is 12.0. The summed E-state index contributed by atoms with van der Waals surface area (Å²) in [5, 5.41) is 15.0. The summed E-state index contributed by atoms with van der Waals surface area (Å²) in [6.07, 6.45) is -0.889. The van der Waals surface area contributed by atoms with E-state index in [2.05, 4.69) is 5.32 Å². The van der Waals surface area contributed by atoms with Crippen LogP contribution in [0.5, 0.6) is 0 Å². The third-order valence-electron chi connectivity index (χ3n) is 4.89. The molecule has 2 N–H and O–H groups in total. The van der Waals surface area contributed by atoms with Crippen LogP contribution in [0.25, 0.3) is 0 Å². The summed E-state index contributed by atoms with van der Waals surface area (Å²) >= 11 is 12.3. The molecular weight excluding hydrogens is 419 g/mol. The van der Waals surface area contributed by atoms with Gasteiger partial charge in [-0.05, 0) is 29.3 Å². The van der Waals surface area contributed by atoms with Gasteiger partial charge < -0.3 is 10.4 Å². The molecule has 1 heterocycles. The summed E-state index contributed by atoms with van der Waals surface area (Å²) in [5.41, 5.74) is 1.99. The Bertz CT molecular complexity index is 908. The highest BCUT2D eigenvalue weighted by molar-refractivity contribution is 7.91. The van der Waals surface area contributed by atoms with Crippen LogP contribution in [-0.2, 0) is 22.9 Å². The number of halogens is 2. The predicted molar refractivity (Wildman–Crippen MR) is 113 cm³/mol. The molecule has 0 amide bonds. The van der Waals surface area contributed by atoms with E-state index in [0.717, 1.165) is 11.1 Å². The lowest BCUT2D eigenvalue weighted by Crippen LogP contribution is -2.45. The first kappa shape index (κ1) is 21.6. The second-order valence-corrected chi connectivity index (χ2v) is 10.1. The van der Waals surface area contributed by atoms with E-state index in [1.165, 1.54) is 0 Å². The van der Waals surface area contributed by atoms with Crippen molar-refractivity contribution in [2.45, 2.75) is 25.2 Å². The minimum Gasteiger partial charge on any atom is -0.390 e. The Morgan fingerprint density at radius 3 is 2.57 bits per heavy atom. The fourth-order valence-corrected chi connectivity index (χ4v) is 5.71. The number of rotatable bonds is 8. The van der Waals surface area contributed by atoms with Gasteiger partial charge in [0.05, 0.1) is 23.7 Å². The van der Waals surface area contributed by atoms with Crippen LogP contribution in [0.1, 0.15) is 11.1 Å². The van der Waals surface area contributed by atoms with Gasteiger partial charge in [-0.1, -0.05) is 53.5 Å². The molecule has 28 heavy (non-hydrogen) atoms. The molecule has 0 aliphatic carbocycles. The molecule has 5 nitrogen and oxygen atoms in total. The molecule has 0 spiro atoms. The molecule has 8 heteroatoms. The lowest BCUT2D eigenvalue weighted by Gasteiger charge is -2.30. The minimum atomic E-state index is -3.23. The van der Waals surface area contributed by atoms with E-state index in [4.69, 9.17) is 23.2 Å². The molecule has 0 bridgehead atoms. The van der Waals surface area contributed by atoms with Crippen molar-refractivity contribution >= 4 is 33.0 Å². The summed E-state index contributed by atoms with van der Waals surface area (Å²) in [6, 6.07) is 14.7. The number of hydrogen-bond acceptors (Lipinski definition) is 5. The number of sulfone groups is 1. The van der Waals surface area contributed by atoms with Gasteiger partial charge in [0.15, 0.2) is 9.84 Å². The van der Waals surface area contributed by atoms with Crippen molar-refractivity contribution in [1.82, 2.24) is 10.2 Å². The highest BCUT2D eigenvalue weighted by Crippen LogP contribution is 2.23. The summed E-state index contributed by atoms with van der Waals surface area (Å²) in [6.45, 7) is 2.37. The lowest BCUT2D eigenvalue weighted by atomic mass is 10.1. The van der Waals surface area contributed by atoms with Crippen LogP contribution in [0.15, 0.2) is 48.5 Å². The summed E-state index contributed by atoms with van der Waals surface area (Å²) < 4.78 is 24.0. The molecule has 2 aromatic rings. The third kappa shape index (κ3) is 5.92. The van der Waals surface area contributed by atoms with Crippen molar-refractivity contribution in [1.29, 1.82) is 0 Å². The molecule has 2 atom stereocenters. The van der Waals surface area contributed by atoms with Gasteiger partial charge in [-0.25, -0.2) is 8.42 Å². The third-order valence-corrected chi connectivity index (χ3v) is 7.19. The van der Waals surface area contributed by atoms with Crippen molar-refractivity contribution in [3.8, 4) is 0 Å². The highest BCUT2D eigenvalue weighted by Gasteiger charge is 2.39. The van der Waals surface area contributed by atoms with Crippen molar-refractivity contribution in [2.24, 2.45) is 0 Å². The molecule has 152 valence electrons. The van der Waals surface area contributed by atoms with Gasteiger partial charge in [0.2, 0.25) is 0 Å². The first-order valence-corrected chi connectivity index (χ1v) is 11.7. The van der Waals surface area contributed by atoms with Crippen LogP contribution in [0, 0.1) is 0 Å². The standard InChI is InChI=1S/C20H24Cl2N2O3S/c21-17-6-3-4-15(10-17)11-23-8-9-24(12-16-5-1-2-7-18(16)22)19-13-28(26,27)14-20(19)25/h1-7,10,19-20,23,25H,8-9,11-14H2/t19-,20-/m0/s1. The van der Waals surface area contributed by atoms with Crippen molar-refractivity contribution in [2.75, 3.05) is 24.6 Å². The predicted octanol–water partition coefficient (Wildman–Crippen LogP) is 2.74. The average Bonchev–Trinajstić information content (AvgIpc) is 2.92.